The molecule has 142 valence electrons. The summed E-state index contributed by atoms with van der Waals surface area (Å²) in [7, 11) is 0. The number of hydrogen-bond donors (Lipinski definition) is 3. The van der Waals surface area contributed by atoms with Crippen molar-refractivity contribution < 1.29 is 15.0 Å². The number of aromatic nitrogens is 2. The fourth-order valence-corrected chi connectivity index (χ4v) is 2.88. The van der Waals surface area contributed by atoms with Crippen LogP contribution in [-0.4, -0.2) is 32.3 Å². The van der Waals surface area contributed by atoms with E-state index in [1.807, 2.05) is 42.5 Å². The third-order valence-corrected chi connectivity index (χ3v) is 4.30. The topological polar surface area (TPSA) is 108 Å². The highest BCUT2D eigenvalue weighted by Gasteiger charge is 2.14. The molecule has 0 saturated heterocycles. The molecular weight excluding hydrogens is 368 g/mol. The van der Waals surface area contributed by atoms with Crippen LogP contribution in [0.15, 0.2) is 78.0 Å². The van der Waals surface area contributed by atoms with E-state index in [9.17, 15) is 15.0 Å². The maximum atomic E-state index is 12.8. The quantitative estimate of drug-likeness (QED) is 0.284. The molecule has 1 amide bonds. The second-order valence-corrected chi connectivity index (χ2v) is 6.20. The number of carbonyl (C=O) groups excluding carboxylic acids is 1. The number of benzene rings is 2. The average Bonchev–Trinajstić information content (AvgIpc) is 2.76. The van der Waals surface area contributed by atoms with Crippen LogP contribution in [0.3, 0.4) is 0 Å². The number of para-hydroxylation sites is 2. The van der Waals surface area contributed by atoms with E-state index in [1.165, 1.54) is 12.3 Å². The molecule has 0 aliphatic rings. The Morgan fingerprint density at radius 3 is 2.62 bits per heavy atom. The highest BCUT2D eigenvalue weighted by atomic mass is 16.3. The largest absolute Gasteiger partial charge is 0.504 e. The summed E-state index contributed by atoms with van der Waals surface area (Å²) in [6, 6.07) is 18.9. The number of aromatic hydroxyl groups is 2. The number of hydrogen-bond acceptors (Lipinski definition) is 6. The van der Waals surface area contributed by atoms with Crippen molar-refractivity contribution in [1.82, 2.24) is 15.4 Å². The number of phenolic OH excluding ortho intramolecular Hbond substituents is 2. The molecule has 3 N–H and O–H groups in total. The van der Waals surface area contributed by atoms with Gasteiger partial charge in [-0.15, -0.1) is 0 Å². The van der Waals surface area contributed by atoms with Gasteiger partial charge in [-0.25, -0.2) is 10.4 Å². The van der Waals surface area contributed by atoms with Crippen molar-refractivity contribution in [2.75, 3.05) is 0 Å². The SMILES string of the molecule is O=C(NN=Cc1cccc(O)c1O)c1cc(-c2ccccn2)nc2ccccc12. The standard InChI is InChI=1S/C22H16N4O3/c27-20-10-5-6-14(21(20)28)13-24-26-22(29)16-12-19(18-9-3-4-11-23-18)25-17-8-2-1-7-15(16)17/h1-13,27-28H,(H,26,29). The highest BCUT2D eigenvalue weighted by Crippen LogP contribution is 2.27. The molecule has 4 rings (SSSR count). The zero-order valence-electron chi connectivity index (χ0n) is 15.1. The van der Waals surface area contributed by atoms with Crippen molar-refractivity contribution in [3.8, 4) is 22.9 Å². The minimum Gasteiger partial charge on any atom is -0.504 e. The predicted molar refractivity (Wildman–Crippen MR) is 110 cm³/mol. The summed E-state index contributed by atoms with van der Waals surface area (Å²) < 4.78 is 0. The molecule has 0 aliphatic carbocycles. The maximum absolute atomic E-state index is 12.8. The lowest BCUT2D eigenvalue weighted by Crippen LogP contribution is -2.18. The molecule has 0 saturated carbocycles. The number of rotatable bonds is 4. The first-order chi connectivity index (χ1) is 14.1. The van der Waals surface area contributed by atoms with E-state index in [2.05, 4.69) is 20.5 Å². The number of nitrogens with zero attached hydrogens (tertiary/aromatic N) is 3. The smallest absolute Gasteiger partial charge is 0.272 e. The molecule has 0 atom stereocenters. The summed E-state index contributed by atoms with van der Waals surface area (Å²) >= 11 is 0. The number of amides is 1. The molecule has 4 aromatic rings. The molecule has 29 heavy (non-hydrogen) atoms. The molecule has 2 heterocycles. The lowest BCUT2D eigenvalue weighted by molar-refractivity contribution is 0.0956. The van der Waals surface area contributed by atoms with Crippen LogP contribution < -0.4 is 5.43 Å². The van der Waals surface area contributed by atoms with Gasteiger partial charge < -0.3 is 10.2 Å². The Labute approximate surface area is 166 Å². The maximum Gasteiger partial charge on any atom is 0.272 e. The van der Waals surface area contributed by atoms with E-state index < -0.39 is 5.91 Å². The van der Waals surface area contributed by atoms with Crippen LogP contribution in [0.2, 0.25) is 0 Å². The van der Waals surface area contributed by atoms with E-state index in [1.54, 1.807) is 24.4 Å². The molecule has 0 bridgehead atoms. The van der Waals surface area contributed by atoms with Gasteiger partial charge in [-0.3, -0.25) is 9.78 Å². The summed E-state index contributed by atoms with van der Waals surface area (Å²) in [4.78, 5) is 21.7. The van der Waals surface area contributed by atoms with Crippen LogP contribution in [0, 0.1) is 0 Å². The zero-order chi connectivity index (χ0) is 20.2. The van der Waals surface area contributed by atoms with Gasteiger partial charge in [0.2, 0.25) is 0 Å². The van der Waals surface area contributed by atoms with Crippen molar-refractivity contribution in [3.63, 3.8) is 0 Å². The fourth-order valence-electron chi connectivity index (χ4n) is 2.88. The van der Waals surface area contributed by atoms with E-state index in [0.29, 0.717) is 27.9 Å². The Kier molecular flexibility index (Phi) is 4.86. The van der Waals surface area contributed by atoms with Crippen molar-refractivity contribution in [1.29, 1.82) is 0 Å². The summed E-state index contributed by atoms with van der Waals surface area (Å²) in [6.45, 7) is 0. The van der Waals surface area contributed by atoms with Gasteiger partial charge in [-0.1, -0.05) is 30.3 Å². The minimum absolute atomic E-state index is 0.264. The average molecular weight is 384 g/mol. The van der Waals surface area contributed by atoms with Gasteiger partial charge in [-0.2, -0.15) is 5.10 Å². The third-order valence-electron chi connectivity index (χ3n) is 4.30. The van der Waals surface area contributed by atoms with Gasteiger partial charge in [0.25, 0.3) is 5.91 Å². The summed E-state index contributed by atoms with van der Waals surface area (Å²) in [5.41, 5.74) is 5.02. The van der Waals surface area contributed by atoms with Gasteiger partial charge in [0.1, 0.15) is 0 Å². The Hall–Kier alpha value is -4.26. The van der Waals surface area contributed by atoms with Crippen LogP contribution in [-0.2, 0) is 0 Å². The zero-order valence-corrected chi connectivity index (χ0v) is 15.1. The van der Waals surface area contributed by atoms with Crippen molar-refractivity contribution in [2.45, 2.75) is 0 Å². The van der Waals surface area contributed by atoms with Crippen molar-refractivity contribution in [2.24, 2.45) is 5.10 Å². The molecule has 7 nitrogen and oxygen atoms in total. The summed E-state index contributed by atoms with van der Waals surface area (Å²) in [5.74, 6) is -1.01. The summed E-state index contributed by atoms with van der Waals surface area (Å²) in [5, 5.41) is 23.9. The Morgan fingerprint density at radius 1 is 0.966 bits per heavy atom. The van der Waals surface area contributed by atoms with Crippen LogP contribution in [0.5, 0.6) is 11.5 Å². The Morgan fingerprint density at radius 2 is 1.79 bits per heavy atom. The molecule has 0 aliphatic heterocycles. The molecular formula is C22H16N4O3. The molecule has 0 unspecified atom stereocenters. The van der Waals surface area contributed by atoms with E-state index in [-0.39, 0.29) is 17.1 Å². The molecule has 7 heteroatoms. The van der Waals surface area contributed by atoms with Crippen molar-refractivity contribution >= 4 is 23.0 Å². The Balaban J connectivity index is 1.68. The molecule has 0 radical (unpaired) electrons. The molecule has 0 spiro atoms. The monoisotopic (exact) mass is 384 g/mol. The van der Waals surface area contributed by atoms with Crippen LogP contribution in [0.1, 0.15) is 15.9 Å². The second-order valence-electron chi connectivity index (χ2n) is 6.20. The van der Waals surface area contributed by atoms with Gasteiger partial charge >= 0.3 is 0 Å². The van der Waals surface area contributed by atoms with Crippen molar-refractivity contribution in [3.05, 3.63) is 84.1 Å². The van der Waals surface area contributed by atoms with Crippen LogP contribution in [0.25, 0.3) is 22.3 Å². The predicted octanol–water partition coefficient (Wildman–Crippen LogP) is 3.47. The van der Waals surface area contributed by atoms with Crippen LogP contribution in [0.4, 0.5) is 0 Å². The third kappa shape index (κ3) is 3.74. The number of nitrogens with one attached hydrogen (secondary N) is 1. The molecule has 2 aromatic carbocycles. The number of hydrazone groups is 1. The van der Waals surface area contributed by atoms with Gasteiger partial charge in [-0.05, 0) is 36.4 Å². The first-order valence-corrected chi connectivity index (χ1v) is 8.79. The lowest BCUT2D eigenvalue weighted by atomic mass is 10.1. The number of fused-ring (bicyclic) bond motifs is 1. The van der Waals surface area contributed by atoms with E-state index in [0.717, 1.165) is 0 Å². The lowest BCUT2D eigenvalue weighted by Gasteiger charge is -2.08. The summed E-state index contributed by atoms with van der Waals surface area (Å²) in [6.07, 6.45) is 2.92. The number of carbonyl (C=O) groups is 1. The normalized spacial score (nSPS) is 11.0. The first kappa shape index (κ1) is 18.1. The molecule has 0 fully saturated rings. The number of pyridine rings is 2. The second kappa shape index (κ2) is 7.77. The minimum atomic E-state index is -0.434. The van der Waals surface area contributed by atoms with Crippen LogP contribution >= 0.6 is 0 Å². The van der Waals surface area contributed by atoms with E-state index in [4.69, 9.17) is 0 Å². The highest BCUT2D eigenvalue weighted by molar-refractivity contribution is 6.07. The fraction of sp³-hybridized carbons (Fsp3) is 0. The molecule has 2 aromatic heterocycles. The number of phenols is 2. The Bertz CT molecular complexity index is 1220. The van der Waals surface area contributed by atoms with Gasteiger partial charge in [0.05, 0.1) is 28.7 Å². The van der Waals surface area contributed by atoms with Gasteiger partial charge in [0.15, 0.2) is 11.5 Å². The van der Waals surface area contributed by atoms with Gasteiger partial charge in [0, 0.05) is 17.1 Å². The van der Waals surface area contributed by atoms with E-state index >= 15 is 0 Å². The first-order valence-electron chi connectivity index (χ1n) is 8.79.